The number of sulfonamides is 1. The Morgan fingerprint density at radius 1 is 1.12 bits per heavy atom. The summed E-state index contributed by atoms with van der Waals surface area (Å²) >= 11 is 6.13. The van der Waals surface area contributed by atoms with Gasteiger partial charge in [0.1, 0.15) is 0 Å². The highest BCUT2D eigenvalue weighted by molar-refractivity contribution is 7.88. The van der Waals surface area contributed by atoms with Gasteiger partial charge in [0.05, 0.1) is 22.9 Å². The van der Waals surface area contributed by atoms with Crippen LogP contribution in [0.3, 0.4) is 0 Å². The number of nitrogens with zero attached hydrogens (tertiary/aromatic N) is 2. The number of piperidine rings is 1. The van der Waals surface area contributed by atoms with Gasteiger partial charge < -0.3 is 4.74 Å². The first kappa shape index (κ1) is 26.9. The average Bonchev–Trinajstić information content (AvgIpc) is 2.77. The second-order valence-corrected chi connectivity index (χ2v) is 10.9. The van der Waals surface area contributed by atoms with Crippen LogP contribution >= 0.6 is 11.6 Å². The van der Waals surface area contributed by atoms with Crippen molar-refractivity contribution in [3.8, 4) is 0 Å². The summed E-state index contributed by atoms with van der Waals surface area (Å²) < 4.78 is 70.8. The molecule has 1 aliphatic heterocycles. The number of hydrogen-bond donors (Lipinski definition) is 0. The highest BCUT2D eigenvalue weighted by atomic mass is 35.5. The summed E-state index contributed by atoms with van der Waals surface area (Å²) in [6.45, 7) is 2.71. The highest BCUT2D eigenvalue weighted by Gasteiger charge is 2.34. The van der Waals surface area contributed by atoms with Gasteiger partial charge in [0.15, 0.2) is 0 Å². The Kier molecular flexibility index (Phi) is 9.40. The third-order valence-electron chi connectivity index (χ3n) is 5.81. The van der Waals surface area contributed by atoms with Gasteiger partial charge in [0.25, 0.3) is 0 Å². The maximum absolute atomic E-state index is 13.3. The van der Waals surface area contributed by atoms with Gasteiger partial charge in [-0.25, -0.2) is 8.42 Å². The van der Waals surface area contributed by atoms with E-state index in [1.807, 2.05) is 35.2 Å². The molecule has 188 valence electrons. The van der Waals surface area contributed by atoms with Crippen molar-refractivity contribution in [2.75, 3.05) is 32.5 Å². The van der Waals surface area contributed by atoms with Gasteiger partial charge >= 0.3 is 6.18 Å². The van der Waals surface area contributed by atoms with Crippen molar-refractivity contribution in [1.29, 1.82) is 0 Å². The third-order valence-corrected chi connectivity index (χ3v) is 7.53. The van der Waals surface area contributed by atoms with E-state index in [0.29, 0.717) is 44.8 Å². The molecular weight excluding hydrogens is 489 g/mol. The van der Waals surface area contributed by atoms with E-state index >= 15 is 0 Å². The minimum absolute atomic E-state index is 0.149. The number of halogens is 4. The summed E-state index contributed by atoms with van der Waals surface area (Å²) in [7, 11) is -3.24. The Morgan fingerprint density at radius 2 is 1.85 bits per heavy atom. The van der Waals surface area contributed by atoms with Crippen LogP contribution in [0.5, 0.6) is 0 Å². The summed E-state index contributed by atoms with van der Waals surface area (Å²) in [6, 6.07) is 13.7. The van der Waals surface area contributed by atoms with E-state index in [1.165, 1.54) is 16.6 Å². The lowest BCUT2D eigenvalue weighted by Gasteiger charge is -2.31. The Balaban J connectivity index is 1.62. The number of benzene rings is 2. The molecule has 1 heterocycles. The monoisotopic (exact) mass is 518 g/mol. The molecule has 1 fully saturated rings. The molecule has 5 nitrogen and oxygen atoms in total. The topological polar surface area (TPSA) is 49.9 Å². The molecular formula is C24H30ClF3N2O3S. The average molecular weight is 519 g/mol. The van der Waals surface area contributed by atoms with E-state index < -0.39 is 21.8 Å². The summed E-state index contributed by atoms with van der Waals surface area (Å²) in [5.41, 5.74) is 0.634. The first-order valence-corrected chi connectivity index (χ1v) is 13.4. The summed E-state index contributed by atoms with van der Waals surface area (Å²) in [5.74, 6) is 0. The molecule has 2 aromatic carbocycles. The van der Waals surface area contributed by atoms with Crippen LogP contribution in [0.2, 0.25) is 5.02 Å². The van der Waals surface area contributed by atoms with Gasteiger partial charge in [-0.3, -0.25) is 4.90 Å². The van der Waals surface area contributed by atoms with Gasteiger partial charge in [0.2, 0.25) is 10.0 Å². The van der Waals surface area contributed by atoms with E-state index in [1.54, 1.807) is 6.07 Å². The van der Waals surface area contributed by atoms with Crippen LogP contribution < -0.4 is 0 Å². The van der Waals surface area contributed by atoms with Crippen molar-refractivity contribution >= 4 is 21.6 Å². The van der Waals surface area contributed by atoms with Crippen LogP contribution in [0.25, 0.3) is 0 Å². The first-order chi connectivity index (χ1) is 16.0. The van der Waals surface area contributed by atoms with Gasteiger partial charge in [-0.2, -0.15) is 17.5 Å². The van der Waals surface area contributed by atoms with Crippen molar-refractivity contribution in [3.63, 3.8) is 0 Å². The number of alkyl halides is 3. The van der Waals surface area contributed by atoms with Crippen LogP contribution in [-0.2, 0) is 34.0 Å². The van der Waals surface area contributed by atoms with Crippen molar-refractivity contribution in [2.45, 2.75) is 44.6 Å². The number of hydrogen-bond acceptors (Lipinski definition) is 4. The van der Waals surface area contributed by atoms with Gasteiger partial charge in [0, 0.05) is 39.3 Å². The van der Waals surface area contributed by atoms with Gasteiger partial charge in [-0.1, -0.05) is 54.1 Å². The van der Waals surface area contributed by atoms with E-state index in [0.717, 1.165) is 24.5 Å². The molecule has 0 amide bonds. The maximum Gasteiger partial charge on any atom is 0.417 e. The van der Waals surface area contributed by atoms with Crippen LogP contribution in [-0.4, -0.2) is 56.2 Å². The van der Waals surface area contributed by atoms with Crippen LogP contribution in [0, 0.1) is 0 Å². The normalized spacial score (nSPS) is 17.9. The second kappa shape index (κ2) is 11.9. The van der Waals surface area contributed by atoms with Crippen molar-refractivity contribution < 1.29 is 26.3 Å². The maximum atomic E-state index is 13.3. The van der Waals surface area contributed by atoms with Crippen LogP contribution in [0.4, 0.5) is 13.2 Å². The fourth-order valence-corrected chi connectivity index (χ4v) is 5.29. The molecule has 1 aliphatic rings. The van der Waals surface area contributed by atoms with Gasteiger partial charge in [-0.15, -0.1) is 0 Å². The van der Waals surface area contributed by atoms with Crippen molar-refractivity contribution in [1.82, 2.24) is 9.21 Å². The van der Waals surface area contributed by atoms with E-state index in [2.05, 4.69) is 0 Å². The molecule has 1 atom stereocenters. The molecule has 1 saturated heterocycles. The molecule has 0 radical (unpaired) electrons. The van der Waals surface area contributed by atoms with Crippen LogP contribution in [0.15, 0.2) is 48.5 Å². The standard InChI is InChI=1S/C24H30ClF3N2O3S/c1-34(31,32)30-14-6-11-21(18-30)33-15-7-13-29(16-19-8-3-2-4-9-19)17-20-10-5-12-22(23(20)25)24(26,27)28/h2-5,8-10,12,21H,6-7,11,13-18H2,1H3. The van der Waals surface area contributed by atoms with Crippen molar-refractivity contribution in [3.05, 3.63) is 70.2 Å². The Morgan fingerprint density at radius 3 is 2.53 bits per heavy atom. The molecule has 0 N–H and O–H groups in total. The zero-order valence-corrected chi connectivity index (χ0v) is 20.7. The molecule has 0 aromatic heterocycles. The smallest absolute Gasteiger partial charge is 0.377 e. The molecule has 0 saturated carbocycles. The summed E-state index contributed by atoms with van der Waals surface area (Å²) in [4.78, 5) is 2.05. The van der Waals surface area contributed by atoms with E-state index in [4.69, 9.17) is 16.3 Å². The zero-order chi connectivity index (χ0) is 24.8. The lowest BCUT2D eigenvalue weighted by molar-refractivity contribution is -0.137. The molecule has 34 heavy (non-hydrogen) atoms. The molecule has 0 aliphatic carbocycles. The third kappa shape index (κ3) is 7.95. The van der Waals surface area contributed by atoms with E-state index in [-0.39, 0.29) is 17.7 Å². The first-order valence-electron chi connectivity index (χ1n) is 11.2. The van der Waals surface area contributed by atoms with Gasteiger partial charge in [-0.05, 0) is 36.5 Å². The van der Waals surface area contributed by atoms with Crippen LogP contribution in [0.1, 0.15) is 36.0 Å². The molecule has 0 bridgehead atoms. The number of ether oxygens (including phenoxy) is 1. The van der Waals surface area contributed by atoms with Crippen molar-refractivity contribution in [2.24, 2.45) is 0 Å². The SMILES string of the molecule is CS(=O)(=O)N1CCCC(OCCCN(Cc2ccccc2)Cc2cccc(C(F)(F)F)c2Cl)C1. The summed E-state index contributed by atoms with van der Waals surface area (Å²) in [6.07, 6.45) is -1.24. The lowest BCUT2D eigenvalue weighted by Crippen LogP contribution is -2.42. The Labute approximate surface area is 204 Å². The summed E-state index contributed by atoms with van der Waals surface area (Å²) in [5, 5.41) is -0.271. The molecule has 2 aromatic rings. The lowest BCUT2D eigenvalue weighted by atomic mass is 10.1. The quantitative estimate of drug-likeness (QED) is 0.406. The fraction of sp³-hybridized carbons (Fsp3) is 0.500. The molecule has 3 rings (SSSR count). The Hall–Kier alpha value is -1.65. The second-order valence-electron chi connectivity index (χ2n) is 8.58. The fourth-order valence-electron chi connectivity index (χ4n) is 4.10. The minimum Gasteiger partial charge on any atom is -0.377 e. The minimum atomic E-state index is -4.51. The zero-order valence-electron chi connectivity index (χ0n) is 19.1. The Bertz CT molecular complexity index is 1040. The molecule has 1 unspecified atom stereocenters. The number of rotatable bonds is 10. The largest absolute Gasteiger partial charge is 0.417 e. The van der Waals surface area contributed by atoms with E-state index in [9.17, 15) is 21.6 Å². The molecule has 0 spiro atoms. The predicted octanol–water partition coefficient (Wildman–Crippen LogP) is 5.19. The predicted molar refractivity (Wildman–Crippen MR) is 127 cm³/mol. The molecule has 10 heteroatoms. The highest BCUT2D eigenvalue weighted by Crippen LogP contribution is 2.36.